The van der Waals surface area contributed by atoms with Gasteiger partial charge in [0.15, 0.2) is 0 Å². The molecule has 2 atom stereocenters. The van der Waals surface area contributed by atoms with Gasteiger partial charge >= 0.3 is 0 Å². The van der Waals surface area contributed by atoms with Crippen molar-refractivity contribution in [3.05, 3.63) is 34.9 Å². The lowest BCUT2D eigenvalue weighted by molar-refractivity contribution is -0.136. The van der Waals surface area contributed by atoms with Gasteiger partial charge in [-0.25, -0.2) is 0 Å². The number of hydrogen-bond donors (Lipinski definition) is 3. The molecule has 0 aliphatic carbocycles. The van der Waals surface area contributed by atoms with Crippen LogP contribution in [-0.4, -0.2) is 46.8 Å². The Morgan fingerprint density at radius 2 is 2.04 bits per heavy atom. The maximum absolute atomic E-state index is 12.7. The van der Waals surface area contributed by atoms with E-state index in [1.807, 2.05) is 12.1 Å². The van der Waals surface area contributed by atoms with E-state index in [0.717, 1.165) is 37.1 Å². The maximum atomic E-state index is 12.7. The highest BCUT2D eigenvalue weighted by Gasteiger charge is 2.39. The summed E-state index contributed by atoms with van der Waals surface area (Å²) >= 11 is 0. The van der Waals surface area contributed by atoms with Crippen LogP contribution in [0.1, 0.15) is 61.0 Å². The van der Waals surface area contributed by atoms with Gasteiger partial charge in [0.1, 0.15) is 6.04 Å². The Kier molecular flexibility index (Phi) is 4.97. The van der Waals surface area contributed by atoms with Gasteiger partial charge in [0, 0.05) is 36.7 Å². The number of hydrogen-bond acceptors (Lipinski definition) is 5. The molecule has 2 fully saturated rings. The van der Waals surface area contributed by atoms with Crippen LogP contribution in [0.2, 0.25) is 0 Å². The van der Waals surface area contributed by atoms with Gasteiger partial charge in [0.2, 0.25) is 11.8 Å². The van der Waals surface area contributed by atoms with Crippen molar-refractivity contribution < 1.29 is 14.4 Å². The first-order chi connectivity index (χ1) is 13.3. The molecule has 28 heavy (non-hydrogen) atoms. The van der Waals surface area contributed by atoms with Crippen LogP contribution in [0.25, 0.3) is 0 Å². The number of piperidine rings is 2. The third-order valence-corrected chi connectivity index (χ3v) is 6.04. The fourth-order valence-corrected chi connectivity index (χ4v) is 4.55. The van der Waals surface area contributed by atoms with Crippen LogP contribution in [0.3, 0.4) is 0 Å². The van der Waals surface area contributed by atoms with Gasteiger partial charge < -0.3 is 15.5 Å². The van der Waals surface area contributed by atoms with E-state index in [1.54, 1.807) is 4.90 Å². The zero-order chi connectivity index (χ0) is 19.9. The number of imide groups is 1. The number of carbonyl (C=O) groups excluding carboxylic acids is 3. The van der Waals surface area contributed by atoms with Gasteiger partial charge in [-0.05, 0) is 56.8 Å². The SMILES string of the molecule is CC1(C)CC(NCc2ccc3c(c2)CN(C2CCC(=O)NC2=O)C3=O)CCN1. The van der Waals surface area contributed by atoms with Crippen LogP contribution in [0, 0.1) is 0 Å². The summed E-state index contributed by atoms with van der Waals surface area (Å²) in [5.74, 6) is -0.753. The first kappa shape index (κ1) is 19.1. The molecule has 0 saturated carbocycles. The summed E-state index contributed by atoms with van der Waals surface area (Å²) in [6, 6.07) is 5.84. The highest BCUT2D eigenvalue weighted by molar-refractivity contribution is 6.05. The molecule has 3 aliphatic heterocycles. The van der Waals surface area contributed by atoms with Gasteiger partial charge in [-0.2, -0.15) is 0 Å². The number of nitrogens with zero attached hydrogens (tertiary/aromatic N) is 1. The van der Waals surface area contributed by atoms with Gasteiger partial charge in [-0.1, -0.05) is 12.1 Å². The topological polar surface area (TPSA) is 90.5 Å². The van der Waals surface area contributed by atoms with Crippen molar-refractivity contribution in [3.8, 4) is 0 Å². The molecule has 4 rings (SSSR count). The normalized spacial score (nSPS) is 26.9. The van der Waals surface area contributed by atoms with Crippen molar-refractivity contribution in [1.82, 2.24) is 20.9 Å². The molecule has 1 aromatic carbocycles. The highest BCUT2D eigenvalue weighted by Crippen LogP contribution is 2.28. The Morgan fingerprint density at radius 3 is 2.79 bits per heavy atom. The van der Waals surface area contributed by atoms with Crippen LogP contribution in [0.15, 0.2) is 18.2 Å². The largest absolute Gasteiger partial charge is 0.322 e. The fraction of sp³-hybridized carbons (Fsp3) is 0.571. The minimum Gasteiger partial charge on any atom is -0.322 e. The molecule has 7 heteroatoms. The average molecular weight is 384 g/mol. The van der Waals surface area contributed by atoms with Gasteiger partial charge in [-0.15, -0.1) is 0 Å². The average Bonchev–Trinajstić information content (AvgIpc) is 2.95. The summed E-state index contributed by atoms with van der Waals surface area (Å²) in [4.78, 5) is 37.9. The lowest BCUT2D eigenvalue weighted by atomic mass is 9.89. The molecular weight excluding hydrogens is 356 g/mol. The molecule has 3 aliphatic rings. The minimum atomic E-state index is -0.559. The Hall–Kier alpha value is -2.25. The van der Waals surface area contributed by atoms with E-state index in [-0.39, 0.29) is 29.7 Å². The number of nitrogens with one attached hydrogen (secondary N) is 3. The lowest BCUT2D eigenvalue weighted by Gasteiger charge is -2.37. The number of carbonyl (C=O) groups is 3. The maximum Gasteiger partial charge on any atom is 0.255 e. The Balaban J connectivity index is 1.41. The predicted molar refractivity (Wildman–Crippen MR) is 104 cm³/mol. The first-order valence-corrected chi connectivity index (χ1v) is 10.1. The molecule has 0 radical (unpaired) electrons. The predicted octanol–water partition coefficient (Wildman–Crippen LogP) is 1.07. The Labute approximate surface area is 165 Å². The summed E-state index contributed by atoms with van der Waals surface area (Å²) in [6.07, 6.45) is 2.86. The molecule has 2 saturated heterocycles. The van der Waals surface area contributed by atoms with E-state index < -0.39 is 6.04 Å². The standard InChI is InChI=1S/C21H28N4O3/c1-21(2)10-15(7-8-23-21)22-11-13-3-4-16-14(9-13)12-25(20(16)28)17-5-6-18(26)24-19(17)27/h3-4,9,15,17,22-23H,5-8,10-12H2,1-2H3,(H,24,26,27). The van der Waals surface area contributed by atoms with E-state index in [2.05, 4.69) is 35.9 Å². The number of fused-ring (bicyclic) bond motifs is 1. The monoisotopic (exact) mass is 384 g/mol. The van der Waals surface area contributed by atoms with Crippen LogP contribution in [-0.2, 0) is 22.7 Å². The molecule has 3 heterocycles. The number of benzene rings is 1. The first-order valence-electron chi connectivity index (χ1n) is 10.1. The molecule has 2 unspecified atom stereocenters. The van der Waals surface area contributed by atoms with Crippen LogP contribution in [0.5, 0.6) is 0 Å². The zero-order valence-electron chi connectivity index (χ0n) is 16.5. The summed E-state index contributed by atoms with van der Waals surface area (Å²) in [5.41, 5.74) is 2.92. The zero-order valence-corrected chi connectivity index (χ0v) is 16.5. The summed E-state index contributed by atoms with van der Waals surface area (Å²) in [7, 11) is 0. The molecule has 0 spiro atoms. The van der Waals surface area contributed by atoms with E-state index in [4.69, 9.17) is 0 Å². The number of rotatable bonds is 4. The lowest BCUT2D eigenvalue weighted by Crippen LogP contribution is -2.52. The van der Waals surface area contributed by atoms with Gasteiger partial charge in [0.05, 0.1) is 0 Å². The molecule has 3 amide bonds. The van der Waals surface area contributed by atoms with E-state index in [1.165, 1.54) is 0 Å². The van der Waals surface area contributed by atoms with Crippen molar-refractivity contribution in [1.29, 1.82) is 0 Å². The van der Waals surface area contributed by atoms with E-state index >= 15 is 0 Å². The Bertz CT molecular complexity index is 820. The van der Waals surface area contributed by atoms with E-state index in [9.17, 15) is 14.4 Å². The van der Waals surface area contributed by atoms with Gasteiger partial charge in [-0.3, -0.25) is 19.7 Å². The molecule has 7 nitrogen and oxygen atoms in total. The van der Waals surface area contributed by atoms with Gasteiger partial charge in [0.25, 0.3) is 5.91 Å². The molecule has 3 N–H and O–H groups in total. The summed E-state index contributed by atoms with van der Waals surface area (Å²) in [6.45, 7) is 6.66. The smallest absolute Gasteiger partial charge is 0.255 e. The van der Waals surface area contributed by atoms with Crippen LogP contribution in [0.4, 0.5) is 0 Å². The number of amides is 3. The van der Waals surface area contributed by atoms with Crippen molar-refractivity contribution in [2.24, 2.45) is 0 Å². The molecule has 150 valence electrons. The quantitative estimate of drug-likeness (QED) is 0.676. The second-order valence-electron chi connectivity index (χ2n) is 8.77. The third-order valence-electron chi connectivity index (χ3n) is 6.04. The van der Waals surface area contributed by atoms with Crippen molar-refractivity contribution >= 4 is 17.7 Å². The molecular formula is C21H28N4O3. The summed E-state index contributed by atoms with van der Waals surface area (Å²) < 4.78 is 0. The van der Waals surface area contributed by atoms with Crippen LogP contribution < -0.4 is 16.0 Å². The van der Waals surface area contributed by atoms with Crippen molar-refractivity contribution in [2.75, 3.05) is 6.54 Å². The highest BCUT2D eigenvalue weighted by atomic mass is 16.2. The second-order valence-corrected chi connectivity index (χ2v) is 8.77. The van der Waals surface area contributed by atoms with Crippen molar-refractivity contribution in [3.63, 3.8) is 0 Å². The van der Waals surface area contributed by atoms with E-state index in [0.29, 0.717) is 24.6 Å². The fourth-order valence-electron chi connectivity index (χ4n) is 4.55. The third kappa shape index (κ3) is 3.82. The molecule has 0 aromatic heterocycles. The second kappa shape index (κ2) is 7.29. The minimum absolute atomic E-state index is 0.121. The molecule has 1 aromatic rings. The van der Waals surface area contributed by atoms with Crippen LogP contribution >= 0.6 is 0 Å². The van der Waals surface area contributed by atoms with Crippen molar-refractivity contribution in [2.45, 2.75) is 70.2 Å². The Morgan fingerprint density at radius 1 is 1.21 bits per heavy atom. The molecule has 0 bridgehead atoms. The summed E-state index contributed by atoms with van der Waals surface area (Å²) in [5, 5.41) is 9.51.